The molecule has 100 valence electrons. The van der Waals surface area contributed by atoms with Gasteiger partial charge < -0.3 is 10.7 Å². The second-order valence-electron chi connectivity index (χ2n) is 5.42. The third-order valence-corrected chi connectivity index (χ3v) is 4.35. The number of anilines is 2. The zero-order valence-corrected chi connectivity index (χ0v) is 10.8. The number of nitrogens with two attached hydrogens (primary N) is 1. The van der Waals surface area contributed by atoms with E-state index in [1.54, 1.807) is 6.20 Å². The van der Waals surface area contributed by atoms with Gasteiger partial charge in [0, 0.05) is 17.4 Å². The molecule has 0 saturated heterocycles. The first-order chi connectivity index (χ1) is 9.73. The number of rotatable bonds is 1. The Balaban J connectivity index is 1.83. The molecule has 0 saturated carbocycles. The monoisotopic (exact) mass is 266 g/mol. The number of nitrogens with one attached hydrogen (secondary N) is 2. The predicted octanol–water partition coefficient (Wildman–Crippen LogP) is 1.36. The van der Waals surface area contributed by atoms with Crippen LogP contribution in [0.15, 0.2) is 36.5 Å². The predicted molar refractivity (Wildman–Crippen MR) is 76.2 cm³/mol. The van der Waals surface area contributed by atoms with Gasteiger partial charge in [-0.15, -0.1) is 0 Å². The van der Waals surface area contributed by atoms with Crippen molar-refractivity contribution in [1.82, 2.24) is 4.98 Å². The molecule has 5 heteroatoms. The van der Waals surface area contributed by atoms with Crippen LogP contribution in [0.1, 0.15) is 16.7 Å². The Hall–Kier alpha value is -2.40. The summed E-state index contributed by atoms with van der Waals surface area (Å²) in [5.74, 6) is 6.20. The Morgan fingerprint density at radius 3 is 2.95 bits per heavy atom. The third kappa shape index (κ3) is 1.35. The number of nitrogen functional groups attached to an aromatic ring is 1. The van der Waals surface area contributed by atoms with Gasteiger partial charge in [-0.05, 0) is 42.2 Å². The van der Waals surface area contributed by atoms with Crippen molar-refractivity contribution in [3.05, 3.63) is 53.2 Å². The van der Waals surface area contributed by atoms with Crippen LogP contribution >= 0.6 is 0 Å². The van der Waals surface area contributed by atoms with E-state index in [1.165, 1.54) is 11.1 Å². The molecule has 20 heavy (non-hydrogen) atoms. The molecule has 1 spiro atoms. The number of aromatic nitrogens is 1. The van der Waals surface area contributed by atoms with E-state index in [2.05, 4.69) is 15.7 Å². The van der Waals surface area contributed by atoms with E-state index in [1.807, 2.05) is 30.3 Å². The molecule has 1 amide bonds. The number of fused-ring (bicyclic) bond motifs is 3. The van der Waals surface area contributed by atoms with Crippen LogP contribution in [0.25, 0.3) is 0 Å². The summed E-state index contributed by atoms with van der Waals surface area (Å²) in [6, 6.07) is 9.88. The van der Waals surface area contributed by atoms with E-state index >= 15 is 0 Å². The maximum atomic E-state index is 12.5. The number of amides is 1. The molecule has 1 aromatic carbocycles. The highest BCUT2D eigenvalue weighted by Gasteiger charge is 2.50. The Kier molecular flexibility index (Phi) is 2.17. The SMILES string of the molecule is NNc1ccc2c(c1)CC1(C2)C(=O)Nc2ncccc21. The smallest absolute Gasteiger partial charge is 0.237 e. The Morgan fingerprint density at radius 2 is 2.10 bits per heavy atom. The first-order valence-electron chi connectivity index (χ1n) is 6.58. The van der Waals surface area contributed by atoms with E-state index in [9.17, 15) is 4.79 Å². The molecule has 1 aromatic heterocycles. The molecule has 1 aliphatic carbocycles. The van der Waals surface area contributed by atoms with Crippen LogP contribution in [-0.4, -0.2) is 10.9 Å². The van der Waals surface area contributed by atoms with Gasteiger partial charge in [-0.2, -0.15) is 0 Å². The largest absolute Gasteiger partial charge is 0.324 e. The molecule has 2 aliphatic rings. The molecule has 5 nitrogen and oxygen atoms in total. The van der Waals surface area contributed by atoms with E-state index in [0.717, 1.165) is 17.7 Å². The van der Waals surface area contributed by atoms with Crippen molar-refractivity contribution in [3.63, 3.8) is 0 Å². The minimum Gasteiger partial charge on any atom is -0.324 e. The van der Waals surface area contributed by atoms with Gasteiger partial charge >= 0.3 is 0 Å². The number of benzene rings is 1. The van der Waals surface area contributed by atoms with Gasteiger partial charge in [0.05, 0.1) is 5.41 Å². The Labute approximate surface area is 116 Å². The van der Waals surface area contributed by atoms with Crippen LogP contribution in [0.4, 0.5) is 11.5 Å². The summed E-state index contributed by atoms with van der Waals surface area (Å²) in [5, 5.41) is 2.90. The van der Waals surface area contributed by atoms with Crippen molar-refractivity contribution in [3.8, 4) is 0 Å². The number of pyridine rings is 1. The van der Waals surface area contributed by atoms with Crippen molar-refractivity contribution in [2.45, 2.75) is 18.3 Å². The topological polar surface area (TPSA) is 80.0 Å². The number of carbonyl (C=O) groups is 1. The molecule has 0 bridgehead atoms. The summed E-state index contributed by atoms with van der Waals surface area (Å²) in [7, 11) is 0. The maximum Gasteiger partial charge on any atom is 0.237 e. The summed E-state index contributed by atoms with van der Waals surface area (Å²) >= 11 is 0. The number of carbonyl (C=O) groups excluding carboxylic acids is 1. The third-order valence-electron chi connectivity index (χ3n) is 4.35. The van der Waals surface area contributed by atoms with Crippen LogP contribution in [-0.2, 0) is 23.1 Å². The molecule has 2 aromatic rings. The number of hydrogen-bond donors (Lipinski definition) is 3. The van der Waals surface area contributed by atoms with Crippen LogP contribution in [0.5, 0.6) is 0 Å². The Bertz CT molecular complexity index is 728. The molecular weight excluding hydrogens is 252 g/mol. The fourth-order valence-electron chi connectivity index (χ4n) is 3.36. The second kappa shape index (κ2) is 3.80. The fourth-order valence-corrected chi connectivity index (χ4v) is 3.36. The van der Waals surface area contributed by atoms with Gasteiger partial charge in [0.1, 0.15) is 5.82 Å². The summed E-state index contributed by atoms with van der Waals surface area (Å²) in [6.45, 7) is 0. The summed E-state index contributed by atoms with van der Waals surface area (Å²) in [5.41, 5.74) is 6.40. The average Bonchev–Trinajstić information content (AvgIpc) is 2.98. The number of hydrogen-bond acceptors (Lipinski definition) is 4. The summed E-state index contributed by atoms with van der Waals surface area (Å²) < 4.78 is 0. The highest BCUT2D eigenvalue weighted by atomic mass is 16.2. The van der Waals surface area contributed by atoms with Gasteiger partial charge in [0.2, 0.25) is 5.91 Å². The Morgan fingerprint density at radius 1 is 1.25 bits per heavy atom. The highest BCUT2D eigenvalue weighted by molar-refractivity contribution is 6.06. The van der Waals surface area contributed by atoms with Gasteiger partial charge in [-0.1, -0.05) is 12.1 Å². The van der Waals surface area contributed by atoms with Gasteiger partial charge in [-0.3, -0.25) is 10.6 Å². The van der Waals surface area contributed by atoms with Gasteiger partial charge in [0.15, 0.2) is 0 Å². The lowest BCUT2D eigenvalue weighted by molar-refractivity contribution is -0.120. The van der Waals surface area contributed by atoms with Gasteiger partial charge in [0.25, 0.3) is 0 Å². The van der Waals surface area contributed by atoms with Crippen LogP contribution in [0.3, 0.4) is 0 Å². The van der Waals surface area contributed by atoms with E-state index in [0.29, 0.717) is 12.2 Å². The number of hydrazine groups is 1. The lowest BCUT2D eigenvalue weighted by Gasteiger charge is -2.20. The molecule has 1 unspecified atom stereocenters. The summed E-state index contributed by atoms with van der Waals surface area (Å²) in [4.78, 5) is 16.7. The van der Waals surface area contributed by atoms with Gasteiger partial charge in [-0.25, -0.2) is 4.98 Å². The first kappa shape index (κ1) is 11.4. The zero-order valence-electron chi connectivity index (χ0n) is 10.8. The number of nitrogens with zero attached hydrogens (tertiary/aromatic N) is 1. The molecule has 4 rings (SSSR count). The minimum absolute atomic E-state index is 0.0460. The molecule has 4 N–H and O–H groups in total. The molecular formula is C15H14N4O. The molecule has 2 heterocycles. The molecule has 0 radical (unpaired) electrons. The summed E-state index contributed by atoms with van der Waals surface area (Å²) in [6.07, 6.45) is 3.12. The van der Waals surface area contributed by atoms with Crippen molar-refractivity contribution in [2.75, 3.05) is 10.7 Å². The van der Waals surface area contributed by atoms with E-state index in [4.69, 9.17) is 5.84 Å². The van der Waals surface area contributed by atoms with Crippen molar-refractivity contribution < 1.29 is 4.79 Å². The quantitative estimate of drug-likeness (QED) is 0.538. The lowest BCUT2D eigenvalue weighted by Crippen LogP contribution is -2.35. The standard InChI is InChI=1S/C15H14N4O/c16-19-11-4-3-9-7-15(8-10(9)6-11)12-2-1-5-17-13(12)18-14(15)20/h1-6,19H,7-8,16H2,(H,17,18,20). The zero-order chi connectivity index (χ0) is 13.7. The molecule has 1 atom stereocenters. The van der Waals surface area contributed by atoms with Crippen molar-refractivity contribution in [2.24, 2.45) is 5.84 Å². The van der Waals surface area contributed by atoms with E-state index in [-0.39, 0.29) is 5.91 Å². The highest BCUT2D eigenvalue weighted by Crippen LogP contribution is 2.46. The van der Waals surface area contributed by atoms with Crippen LogP contribution in [0.2, 0.25) is 0 Å². The van der Waals surface area contributed by atoms with E-state index < -0.39 is 5.41 Å². The lowest BCUT2D eigenvalue weighted by atomic mass is 9.79. The second-order valence-corrected chi connectivity index (χ2v) is 5.42. The fraction of sp³-hybridized carbons (Fsp3) is 0.200. The maximum absolute atomic E-state index is 12.5. The normalized spacial score (nSPS) is 22.6. The van der Waals surface area contributed by atoms with Crippen molar-refractivity contribution >= 4 is 17.4 Å². The average molecular weight is 266 g/mol. The van der Waals surface area contributed by atoms with Crippen molar-refractivity contribution in [1.29, 1.82) is 0 Å². The minimum atomic E-state index is -0.501. The first-order valence-corrected chi connectivity index (χ1v) is 6.58. The molecule has 0 fully saturated rings. The molecule has 1 aliphatic heterocycles. The van der Waals surface area contributed by atoms with Crippen LogP contribution in [0, 0.1) is 0 Å². The van der Waals surface area contributed by atoms with Crippen LogP contribution < -0.4 is 16.6 Å².